The first-order valence-corrected chi connectivity index (χ1v) is 20.6. The zero-order valence-corrected chi connectivity index (χ0v) is 34.1. The largest absolute Gasteiger partial charge is 0.379 e. The van der Waals surface area contributed by atoms with Crippen molar-refractivity contribution in [3.8, 4) is 0 Å². The molecule has 6 heterocycles. The van der Waals surface area contributed by atoms with Crippen LogP contribution in [0.5, 0.6) is 0 Å². The number of amides is 6. The second-order valence-electron chi connectivity index (χ2n) is 15.9. The number of piperazine rings is 1. The maximum absolute atomic E-state index is 13.7. The number of aromatic nitrogens is 2. The number of fused-ring (bicyclic) bond motifs is 1. The van der Waals surface area contributed by atoms with Gasteiger partial charge in [0.2, 0.25) is 17.7 Å². The summed E-state index contributed by atoms with van der Waals surface area (Å²) in [6.45, 7) is 4.49. The fraction of sp³-hybridized carbons (Fsp3) is 0.463. The summed E-state index contributed by atoms with van der Waals surface area (Å²) in [5, 5.41) is 9.87. The number of halogens is 1. The molecule has 0 bridgehead atoms. The number of rotatable bonds is 7. The zero-order chi connectivity index (χ0) is 40.8. The maximum Gasteiger partial charge on any atom is 0.282 e. The van der Waals surface area contributed by atoms with Crippen molar-refractivity contribution in [3.63, 3.8) is 0 Å². The Bertz CT molecular complexity index is 2230. The van der Waals surface area contributed by atoms with Crippen LogP contribution in [0, 0.1) is 5.92 Å². The van der Waals surface area contributed by atoms with Crippen LogP contribution in [0.25, 0.3) is 0 Å². The number of likely N-dealkylation sites (N-methyl/N-ethyl adjacent to an activating group) is 1. The molecule has 2 N–H and O–H groups in total. The summed E-state index contributed by atoms with van der Waals surface area (Å²) in [5.74, 6) is -2.12. The van der Waals surface area contributed by atoms with Gasteiger partial charge in [-0.15, -0.1) is 0 Å². The van der Waals surface area contributed by atoms with E-state index in [0.29, 0.717) is 73.5 Å². The van der Waals surface area contributed by atoms with Crippen molar-refractivity contribution in [1.29, 1.82) is 0 Å². The fourth-order valence-electron chi connectivity index (χ4n) is 9.09. The number of benzene rings is 2. The van der Waals surface area contributed by atoms with E-state index in [1.165, 1.54) is 4.68 Å². The van der Waals surface area contributed by atoms with Crippen molar-refractivity contribution in [2.45, 2.75) is 50.1 Å². The lowest BCUT2D eigenvalue weighted by Crippen LogP contribution is -2.54. The molecule has 5 aliphatic heterocycles. The highest BCUT2D eigenvalue weighted by atomic mass is 79.9. The van der Waals surface area contributed by atoms with Crippen LogP contribution in [0.4, 0.5) is 11.4 Å². The molecule has 2 aromatic carbocycles. The molecule has 0 saturated carbocycles. The molecule has 0 radical (unpaired) electrons. The Hall–Kier alpha value is -5.42. The van der Waals surface area contributed by atoms with E-state index in [-0.39, 0.29) is 59.2 Å². The Morgan fingerprint density at radius 3 is 2.28 bits per heavy atom. The topological polar surface area (TPSA) is 178 Å². The third-order valence-electron chi connectivity index (χ3n) is 12.2. The van der Waals surface area contributed by atoms with E-state index >= 15 is 0 Å². The van der Waals surface area contributed by atoms with Gasteiger partial charge in [-0.05, 0) is 84.4 Å². The predicted molar refractivity (Wildman–Crippen MR) is 216 cm³/mol. The smallest absolute Gasteiger partial charge is 0.282 e. The van der Waals surface area contributed by atoms with Gasteiger partial charge in [0.15, 0.2) is 0 Å². The van der Waals surface area contributed by atoms with Gasteiger partial charge in [-0.2, -0.15) is 5.10 Å². The van der Waals surface area contributed by atoms with Crippen molar-refractivity contribution in [1.82, 2.24) is 34.7 Å². The van der Waals surface area contributed by atoms with Crippen molar-refractivity contribution in [3.05, 3.63) is 85.7 Å². The molecular formula is C41H46BrN9O7. The van der Waals surface area contributed by atoms with Crippen LogP contribution in [-0.4, -0.2) is 136 Å². The molecule has 16 nitrogen and oxygen atoms in total. The molecule has 6 amide bonds. The van der Waals surface area contributed by atoms with Crippen LogP contribution in [0.3, 0.4) is 0 Å². The molecule has 3 aromatic rings. The number of hydrogen-bond acceptors (Lipinski definition) is 11. The van der Waals surface area contributed by atoms with Gasteiger partial charge in [-0.25, -0.2) is 4.68 Å². The third kappa shape index (κ3) is 7.52. The van der Waals surface area contributed by atoms with Gasteiger partial charge in [0.05, 0.1) is 28.7 Å². The summed E-state index contributed by atoms with van der Waals surface area (Å²) in [5.41, 5.74) is 3.30. The number of likely N-dealkylation sites (tertiary alicyclic amines) is 2. The van der Waals surface area contributed by atoms with Gasteiger partial charge in [-0.3, -0.25) is 43.8 Å². The molecule has 304 valence electrons. The Morgan fingerprint density at radius 2 is 1.57 bits per heavy atom. The van der Waals surface area contributed by atoms with Crippen LogP contribution >= 0.6 is 15.9 Å². The molecule has 3 atom stereocenters. The number of imide groups is 2. The molecule has 5 aliphatic rings. The molecule has 3 unspecified atom stereocenters. The normalized spacial score (nSPS) is 23.3. The lowest BCUT2D eigenvalue weighted by atomic mass is 9.87. The molecular weight excluding hydrogens is 810 g/mol. The van der Waals surface area contributed by atoms with E-state index in [1.54, 1.807) is 31.4 Å². The van der Waals surface area contributed by atoms with E-state index in [1.807, 2.05) is 39.0 Å². The standard InChI is InChI=1S/C41H46BrN9O7/c1-46-22-27(20-28(23-46)44-30-21-43-47(2)41(58)35(30)42)24-6-8-25(9-7-24)37(54)49-14-12-26(13-15-49)38(55)50-18-16-48(17-19-50)31-5-3-4-29-34(31)40(57)51(39(29)56)32-10-11-33(52)45-36(32)53/h3-9,21,26-28,32,44H,10-20,22-23H2,1-2H3,(H,45,52,53). The first-order valence-electron chi connectivity index (χ1n) is 19.8. The van der Waals surface area contributed by atoms with Gasteiger partial charge >= 0.3 is 0 Å². The van der Waals surface area contributed by atoms with Crippen LogP contribution in [0.15, 0.2) is 57.9 Å². The number of piperidine rings is 3. The number of carbonyl (C=O) groups is 6. The minimum absolute atomic E-state index is 0.0473. The molecule has 0 spiro atoms. The molecule has 8 rings (SSSR count). The van der Waals surface area contributed by atoms with Gasteiger partial charge in [0, 0.05) is 83.3 Å². The number of nitrogens with zero attached hydrogens (tertiary/aromatic N) is 7. The summed E-state index contributed by atoms with van der Waals surface area (Å²) in [7, 11) is 3.69. The second kappa shape index (κ2) is 16.1. The molecule has 1 aromatic heterocycles. The van der Waals surface area contributed by atoms with Crippen molar-refractivity contribution in [2.24, 2.45) is 13.0 Å². The van der Waals surface area contributed by atoms with E-state index in [9.17, 15) is 33.6 Å². The zero-order valence-electron chi connectivity index (χ0n) is 32.5. The van der Waals surface area contributed by atoms with Gasteiger partial charge < -0.3 is 24.9 Å². The first kappa shape index (κ1) is 39.4. The minimum atomic E-state index is -1.04. The summed E-state index contributed by atoms with van der Waals surface area (Å²) in [4.78, 5) is 99.7. The van der Waals surface area contributed by atoms with Crippen molar-refractivity contribution in [2.75, 3.05) is 69.6 Å². The highest BCUT2D eigenvalue weighted by Gasteiger charge is 2.46. The Labute approximate surface area is 343 Å². The monoisotopic (exact) mass is 855 g/mol. The average molecular weight is 857 g/mol. The van der Waals surface area contributed by atoms with E-state index in [0.717, 1.165) is 30.0 Å². The van der Waals surface area contributed by atoms with Crippen LogP contribution < -0.4 is 21.1 Å². The van der Waals surface area contributed by atoms with Gasteiger partial charge in [0.25, 0.3) is 23.3 Å². The fourth-order valence-corrected chi connectivity index (χ4v) is 9.57. The highest BCUT2D eigenvalue weighted by Crippen LogP contribution is 2.35. The quantitative estimate of drug-likeness (QED) is 0.333. The number of aryl methyl sites for hydroxylation is 1. The third-order valence-corrected chi connectivity index (χ3v) is 13.0. The lowest BCUT2D eigenvalue weighted by molar-refractivity contribution is -0.137. The van der Waals surface area contributed by atoms with Crippen LogP contribution in [-0.2, 0) is 21.4 Å². The van der Waals surface area contributed by atoms with Gasteiger partial charge in [-0.1, -0.05) is 18.2 Å². The molecule has 0 aliphatic carbocycles. The summed E-state index contributed by atoms with van der Waals surface area (Å²) < 4.78 is 1.75. The average Bonchev–Trinajstić information content (AvgIpc) is 3.49. The summed E-state index contributed by atoms with van der Waals surface area (Å²) in [6, 6.07) is 12.0. The lowest BCUT2D eigenvalue weighted by Gasteiger charge is -2.39. The highest BCUT2D eigenvalue weighted by molar-refractivity contribution is 9.10. The number of hydrogen-bond donors (Lipinski definition) is 2. The second-order valence-corrected chi connectivity index (χ2v) is 16.7. The Balaban J connectivity index is 0.829. The molecule has 4 saturated heterocycles. The predicted octanol–water partition coefficient (Wildman–Crippen LogP) is 2.04. The maximum atomic E-state index is 13.7. The SMILES string of the molecule is CN1CC(Nc2cnn(C)c(=O)c2Br)CC(c2ccc(C(=O)N3CCC(C(=O)N4CCN(c5cccc6c5C(=O)N(C5CCC(=O)NC5=O)C6=O)CC4)CC3)cc2)C1. The number of anilines is 2. The molecule has 4 fully saturated rings. The Morgan fingerprint density at radius 1 is 0.845 bits per heavy atom. The van der Waals surface area contributed by atoms with Crippen LogP contribution in [0.1, 0.15) is 74.7 Å². The van der Waals surface area contributed by atoms with Crippen molar-refractivity contribution < 1.29 is 28.8 Å². The summed E-state index contributed by atoms with van der Waals surface area (Å²) in [6.07, 6.45) is 3.80. The summed E-state index contributed by atoms with van der Waals surface area (Å²) >= 11 is 3.41. The first-order chi connectivity index (χ1) is 27.9. The van der Waals surface area contributed by atoms with Gasteiger partial charge in [0.1, 0.15) is 10.5 Å². The van der Waals surface area contributed by atoms with Crippen LogP contribution in [0.2, 0.25) is 0 Å². The molecule has 17 heteroatoms. The number of nitrogens with one attached hydrogen (secondary N) is 2. The Kier molecular flexibility index (Phi) is 10.9. The van der Waals surface area contributed by atoms with E-state index in [4.69, 9.17) is 0 Å². The van der Waals surface area contributed by atoms with E-state index < -0.39 is 29.7 Å². The minimum Gasteiger partial charge on any atom is -0.379 e. The number of carbonyl (C=O) groups excluding carboxylic acids is 6. The van der Waals surface area contributed by atoms with Crippen molar-refractivity contribution >= 4 is 62.7 Å². The van der Waals surface area contributed by atoms with E-state index in [2.05, 4.69) is 43.6 Å². The molecule has 58 heavy (non-hydrogen) atoms.